The summed E-state index contributed by atoms with van der Waals surface area (Å²) in [6, 6.07) is 4.12. The van der Waals surface area contributed by atoms with E-state index < -0.39 is 11.4 Å². The van der Waals surface area contributed by atoms with Crippen molar-refractivity contribution in [3.05, 3.63) is 23.4 Å². The second-order valence-corrected chi connectivity index (χ2v) is 6.38. The second-order valence-electron chi connectivity index (χ2n) is 5.27. The third-order valence-corrected chi connectivity index (χ3v) is 3.85. The molecule has 0 atom stereocenters. The Bertz CT molecular complexity index is 410. The van der Waals surface area contributed by atoms with Crippen LogP contribution in [0.4, 0.5) is 0 Å². The largest absolute Gasteiger partial charge is 0.481 e. The van der Waals surface area contributed by atoms with E-state index in [0.717, 1.165) is 22.9 Å². The summed E-state index contributed by atoms with van der Waals surface area (Å²) in [6.07, 6.45) is 1.58. The van der Waals surface area contributed by atoms with Crippen LogP contribution in [0.5, 0.6) is 0 Å². The fourth-order valence-corrected chi connectivity index (χ4v) is 2.65. The molecular weight excluding hydrogens is 246 g/mol. The second kappa shape index (κ2) is 6.23. The molecule has 100 valence electrons. The van der Waals surface area contributed by atoms with Crippen LogP contribution in [-0.4, -0.2) is 21.8 Å². The van der Waals surface area contributed by atoms with Crippen LogP contribution < -0.4 is 0 Å². The van der Waals surface area contributed by atoms with Crippen molar-refractivity contribution < 1.29 is 9.90 Å². The van der Waals surface area contributed by atoms with Crippen molar-refractivity contribution in [2.45, 2.75) is 45.6 Å². The first-order valence-electron chi connectivity index (χ1n) is 6.13. The zero-order chi connectivity index (χ0) is 13.8. The molecule has 1 N–H and O–H groups in total. The van der Waals surface area contributed by atoms with E-state index in [1.807, 2.05) is 6.92 Å². The average molecular weight is 267 g/mol. The minimum absolute atomic E-state index is 0.628. The van der Waals surface area contributed by atoms with Gasteiger partial charge in [0.05, 0.1) is 10.4 Å². The Labute approximate surface area is 113 Å². The fourth-order valence-electron chi connectivity index (χ4n) is 1.68. The van der Waals surface area contributed by atoms with Gasteiger partial charge in [-0.15, -0.1) is 11.8 Å². The summed E-state index contributed by atoms with van der Waals surface area (Å²) in [4.78, 5) is 15.4. The van der Waals surface area contributed by atoms with Crippen LogP contribution in [0.2, 0.25) is 0 Å². The Morgan fingerprint density at radius 2 is 2.06 bits per heavy atom. The number of carboxylic acid groups (broad SMARTS) is 1. The quantitative estimate of drug-likeness (QED) is 0.631. The minimum Gasteiger partial charge on any atom is -0.481 e. The third-order valence-electron chi connectivity index (χ3n) is 2.85. The summed E-state index contributed by atoms with van der Waals surface area (Å²) in [6.45, 7) is 7.60. The van der Waals surface area contributed by atoms with Gasteiger partial charge >= 0.3 is 5.97 Å². The maximum atomic E-state index is 11.0. The minimum atomic E-state index is -0.725. The maximum Gasteiger partial charge on any atom is 0.309 e. The lowest BCUT2D eigenvalue weighted by Gasteiger charge is -2.18. The van der Waals surface area contributed by atoms with Gasteiger partial charge in [-0.2, -0.15) is 0 Å². The van der Waals surface area contributed by atoms with Gasteiger partial charge in [0.2, 0.25) is 0 Å². The summed E-state index contributed by atoms with van der Waals surface area (Å²) < 4.78 is 0. The van der Waals surface area contributed by atoms with Gasteiger partial charge in [0, 0.05) is 5.69 Å². The summed E-state index contributed by atoms with van der Waals surface area (Å²) in [5, 5.41) is 10.0. The van der Waals surface area contributed by atoms with E-state index in [9.17, 15) is 4.79 Å². The van der Waals surface area contributed by atoms with Gasteiger partial charge in [-0.3, -0.25) is 4.79 Å². The first-order chi connectivity index (χ1) is 8.31. The van der Waals surface area contributed by atoms with E-state index >= 15 is 0 Å². The van der Waals surface area contributed by atoms with E-state index in [4.69, 9.17) is 5.11 Å². The molecule has 0 saturated heterocycles. The van der Waals surface area contributed by atoms with Crippen molar-refractivity contribution in [2.75, 3.05) is 5.75 Å². The number of hydrogen-bond donors (Lipinski definition) is 1. The van der Waals surface area contributed by atoms with Crippen LogP contribution >= 0.6 is 11.8 Å². The SMILES string of the molecule is Cc1cc(C)nc(SCCCC(C)(C)C(=O)O)c1. The van der Waals surface area contributed by atoms with Gasteiger partial charge in [0.25, 0.3) is 0 Å². The normalized spacial score (nSPS) is 11.6. The molecule has 1 aromatic heterocycles. The first-order valence-corrected chi connectivity index (χ1v) is 7.11. The van der Waals surface area contributed by atoms with E-state index in [-0.39, 0.29) is 0 Å². The smallest absolute Gasteiger partial charge is 0.309 e. The summed E-state index contributed by atoms with van der Waals surface area (Å²) in [5.41, 5.74) is 1.62. The molecule has 4 heteroatoms. The molecule has 0 unspecified atom stereocenters. The number of aliphatic carboxylic acids is 1. The summed E-state index contributed by atoms with van der Waals surface area (Å²) >= 11 is 1.70. The molecule has 0 fully saturated rings. The average Bonchev–Trinajstić information content (AvgIpc) is 2.23. The van der Waals surface area contributed by atoms with Crippen molar-refractivity contribution in [1.82, 2.24) is 4.98 Å². The van der Waals surface area contributed by atoms with E-state index in [1.54, 1.807) is 25.6 Å². The summed E-state index contributed by atoms with van der Waals surface area (Å²) in [7, 11) is 0. The molecular formula is C14H21NO2S. The van der Waals surface area contributed by atoms with Crippen molar-refractivity contribution in [3.63, 3.8) is 0 Å². The fraction of sp³-hybridized carbons (Fsp3) is 0.571. The van der Waals surface area contributed by atoms with Crippen LogP contribution in [0.15, 0.2) is 17.2 Å². The number of aryl methyl sites for hydroxylation is 2. The molecule has 1 heterocycles. The maximum absolute atomic E-state index is 11.0. The number of thioether (sulfide) groups is 1. The highest BCUT2D eigenvalue weighted by Crippen LogP contribution is 2.25. The molecule has 0 amide bonds. The molecule has 0 aromatic carbocycles. The molecule has 0 radical (unpaired) electrons. The van der Waals surface area contributed by atoms with Crippen molar-refractivity contribution in [3.8, 4) is 0 Å². The molecule has 1 rings (SSSR count). The van der Waals surface area contributed by atoms with Gasteiger partial charge in [-0.1, -0.05) is 0 Å². The predicted molar refractivity (Wildman–Crippen MR) is 75.1 cm³/mol. The van der Waals surface area contributed by atoms with Gasteiger partial charge in [0.1, 0.15) is 0 Å². The Kier molecular flexibility index (Phi) is 5.20. The van der Waals surface area contributed by atoms with Crippen molar-refractivity contribution in [1.29, 1.82) is 0 Å². The van der Waals surface area contributed by atoms with Crippen LogP contribution in [-0.2, 0) is 4.79 Å². The Morgan fingerprint density at radius 1 is 1.39 bits per heavy atom. The monoisotopic (exact) mass is 267 g/mol. The highest BCUT2D eigenvalue weighted by molar-refractivity contribution is 7.99. The number of nitrogens with zero attached hydrogens (tertiary/aromatic N) is 1. The van der Waals surface area contributed by atoms with Gasteiger partial charge < -0.3 is 5.11 Å². The molecule has 18 heavy (non-hydrogen) atoms. The number of aromatic nitrogens is 1. The Balaban J connectivity index is 2.40. The first kappa shape index (κ1) is 15.0. The molecule has 0 spiro atoms. The summed E-state index contributed by atoms with van der Waals surface area (Å²) in [5.74, 6) is 0.184. The molecule has 1 aromatic rings. The van der Waals surface area contributed by atoms with Crippen LogP contribution in [0.25, 0.3) is 0 Å². The lowest BCUT2D eigenvalue weighted by Crippen LogP contribution is -2.23. The molecule has 0 aliphatic carbocycles. The van der Waals surface area contributed by atoms with Crippen LogP contribution in [0.3, 0.4) is 0 Å². The van der Waals surface area contributed by atoms with Crippen molar-refractivity contribution >= 4 is 17.7 Å². The number of rotatable bonds is 6. The third kappa shape index (κ3) is 4.69. The number of pyridine rings is 1. The van der Waals surface area contributed by atoms with Gasteiger partial charge in [-0.25, -0.2) is 4.98 Å². The van der Waals surface area contributed by atoms with Gasteiger partial charge in [0.15, 0.2) is 0 Å². The number of carbonyl (C=O) groups is 1. The molecule has 0 aliphatic heterocycles. The predicted octanol–water partition coefficient (Wildman–Crippen LogP) is 3.68. The molecule has 0 aliphatic rings. The lowest BCUT2D eigenvalue weighted by atomic mass is 9.88. The molecule has 0 bridgehead atoms. The Hall–Kier alpha value is -1.03. The lowest BCUT2D eigenvalue weighted by molar-refractivity contribution is -0.147. The van der Waals surface area contributed by atoms with Crippen LogP contribution in [0, 0.1) is 19.3 Å². The molecule has 0 saturated carbocycles. The van der Waals surface area contributed by atoms with E-state index in [0.29, 0.717) is 6.42 Å². The van der Waals surface area contributed by atoms with Crippen LogP contribution in [0.1, 0.15) is 37.9 Å². The molecule has 3 nitrogen and oxygen atoms in total. The van der Waals surface area contributed by atoms with Crippen molar-refractivity contribution in [2.24, 2.45) is 5.41 Å². The van der Waals surface area contributed by atoms with E-state index in [2.05, 4.69) is 24.0 Å². The topological polar surface area (TPSA) is 50.2 Å². The zero-order valence-corrected chi connectivity index (χ0v) is 12.3. The van der Waals surface area contributed by atoms with E-state index in [1.165, 1.54) is 5.56 Å². The standard InChI is InChI=1S/C14H21NO2S/c1-10-8-11(2)15-12(9-10)18-7-5-6-14(3,4)13(16)17/h8-9H,5-7H2,1-4H3,(H,16,17). The Morgan fingerprint density at radius 3 is 2.61 bits per heavy atom. The highest BCUT2D eigenvalue weighted by Gasteiger charge is 2.26. The highest BCUT2D eigenvalue weighted by atomic mass is 32.2. The van der Waals surface area contributed by atoms with Gasteiger partial charge in [-0.05, 0) is 64.0 Å². The number of carboxylic acids is 1. The number of hydrogen-bond acceptors (Lipinski definition) is 3. The zero-order valence-electron chi connectivity index (χ0n) is 11.5.